The highest BCUT2D eigenvalue weighted by molar-refractivity contribution is 7.15. The van der Waals surface area contributed by atoms with Crippen LogP contribution in [0.15, 0.2) is 48.8 Å². The van der Waals surface area contributed by atoms with Crippen molar-refractivity contribution >= 4 is 23.1 Å². The zero-order valence-corrected chi connectivity index (χ0v) is 18.2. The number of likely N-dealkylation sites (tertiary alicyclic amines) is 1. The van der Waals surface area contributed by atoms with E-state index in [0.717, 1.165) is 61.5 Å². The van der Waals surface area contributed by atoms with Crippen molar-refractivity contribution < 1.29 is 9.53 Å². The van der Waals surface area contributed by atoms with E-state index in [9.17, 15) is 4.79 Å². The SMILES string of the molecule is Nc1cccc(-c2cc3c(s2)CCOC32CCN(C(=O)CCc3ccncc3)CC2)n1. The van der Waals surface area contributed by atoms with Gasteiger partial charge in [0.25, 0.3) is 0 Å². The molecule has 0 radical (unpaired) electrons. The normalized spacial score (nSPS) is 17.5. The highest BCUT2D eigenvalue weighted by Gasteiger charge is 2.42. The molecule has 0 aromatic carbocycles. The number of aromatic nitrogens is 2. The van der Waals surface area contributed by atoms with E-state index in [-0.39, 0.29) is 11.5 Å². The fourth-order valence-corrected chi connectivity index (χ4v) is 5.82. The molecule has 3 aromatic heterocycles. The molecule has 160 valence electrons. The van der Waals surface area contributed by atoms with Crippen LogP contribution in [-0.2, 0) is 28.0 Å². The maximum absolute atomic E-state index is 12.8. The van der Waals surface area contributed by atoms with Crippen LogP contribution in [0.4, 0.5) is 5.82 Å². The van der Waals surface area contributed by atoms with Crippen molar-refractivity contribution in [3.8, 4) is 10.6 Å². The molecule has 1 saturated heterocycles. The van der Waals surface area contributed by atoms with Gasteiger partial charge in [0, 0.05) is 43.2 Å². The first-order valence-electron chi connectivity index (χ1n) is 10.8. The van der Waals surface area contributed by atoms with E-state index < -0.39 is 0 Å². The van der Waals surface area contributed by atoms with Gasteiger partial charge in [-0.1, -0.05) is 6.07 Å². The number of thiophene rings is 1. The van der Waals surface area contributed by atoms with Crippen LogP contribution in [0.2, 0.25) is 0 Å². The zero-order chi connectivity index (χ0) is 21.3. The van der Waals surface area contributed by atoms with Gasteiger partial charge >= 0.3 is 0 Å². The summed E-state index contributed by atoms with van der Waals surface area (Å²) >= 11 is 1.79. The molecule has 7 heteroatoms. The summed E-state index contributed by atoms with van der Waals surface area (Å²) in [5, 5.41) is 0. The Balaban J connectivity index is 1.28. The maximum atomic E-state index is 12.8. The van der Waals surface area contributed by atoms with Gasteiger partial charge in [0.15, 0.2) is 0 Å². The summed E-state index contributed by atoms with van der Waals surface area (Å²) in [7, 11) is 0. The Labute approximate surface area is 186 Å². The van der Waals surface area contributed by atoms with E-state index in [2.05, 4.69) is 16.0 Å². The molecule has 0 atom stereocenters. The van der Waals surface area contributed by atoms with Gasteiger partial charge in [-0.2, -0.15) is 0 Å². The molecule has 1 fully saturated rings. The van der Waals surface area contributed by atoms with Crippen LogP contribution in [0.5, 0.6) is 0 Å². The minimum absolute atomic E-state index is 0.220. The number of carbonyl (C=O) groups is 1. The lowest BCUT2D eigenvalue weighted by Crippen LogP contribution is -2.48. The molecular formula is C24H26N4O2S. The van der Waals surface area contributed by atoms with Gasteiger partial charge < -0.3 is 15.4 Å². The first-order chi connectivity index (χ1) is 15.1. The molecule has 3 aromatic rings. The summed E-state index contributed by atoms with van der Waals surface area (Å²) in [5.74, 6) is 0.756. The number of anilines is 1. The second-order valence-corrected chi connectivity index (χ2v) is 9.36. The van der Waals surface area contributed by atoms with Gasteiger partial charge in [-0.15, -0.1) is 11.3 Å². The van der Waals surface area contributed by atoms with E-state index in [1.54, 1.807) is 23.7 Å². The predicted octanol–water partition coefficient (Wildman–Crippen LogP) is 3.81. The van der Waals surface area contributed by atoms with Crippen LogP contribution < -0.4 is 5.73 Å². The molecule has 2 aliphatic rings. The minimum Gasteiger partial charge on any atom is -0.384 e. The highest BCUT2D eigenvalue weighted by Crippen LogP contribution is 2.46. The summed E-state index contributed by atoms with van der Waals surface area (Å²) < 4.78 is 6.38. The Kier molecular flexibility index (Phi) is 5.46. The summed E-state index contributed by atoms with van der Waals surface area (Å²) in [5.41, 5.74) is 8.95. The molecule has 5 heterocycles. The highest BCUT2D eigenvalue weighted by atomic mass is 32.1. The van der Waals surface area contributed by atoms with E-state index in [4.69, 9.17) is 10.5 Å². The number of pyridine rings is 2. The van der Waals surface area contributed by atoms with Crippen LogP contribution in [0, 0.1) is 0 Å². The molecular weight excluding hydrogens is 408 g/mol. The number of hydrogen-bond donors (Lipinski definition) is 1. The first kappa shape index (κ1) is 20.2. The van der Waals surface area contributed by atoms with E-state index in [0.29, 0.717) is 12.2 Å². The van der Waals surface area contributed by atoms with Crippen molar-refractivity contribution in [1.82, 2.24) is 14.9 Å². The zero-order valence-electron chi connectivity index (χ0n) is 17.4. The Morgan fingerprint density at radius 2 is 2.00 bits per heavy atom. The lowest BCUT2D eigenvalue weighted by Gasteiger charge is -2.44. The van der Waals surface area contributed by atoms with E-state index >= 15 is 0 Å². The van der Waals surface area contributed by atoms with Gasteiger partial charge in [0.1, 0.15) is 5.82 Å². The fraction of sp³-hybridized carbons (Fsp3) is 0.375. The van der Waals surface area contributed by atoms with Crippen LogP contribution >= 0.6 is 11.3 Å². The Morgan fingerprint density at radius 1 is 1.19 bits per heavy atom. The number of aryl methyl sites for hydroxylation is 1. The smallest absolute Gasteiger partial charge is 0.222 e. The van der Waals surface area contributed by atoms with E-state index in [1.807, 2.05) is 35.2 Å². The molecule has 0 aliphatic carbocycles. The molecule has 1 spiro atoms. The van der Waals surface area contributed by atoms with Crippen molar-refractivity contribution in [1.29, 1.82) is 0 Å². The average Bonchev–Trinajstić information content (AvgIpc) is 3.25. The number of fused-ring (bicyclic) bond motifs is 2. The number of carbonyl (C=O) groups excluding carboxylic acids is 1. The molecule has 6 nitrogen and oxygen atoms in total. The largest absolute Gasteiger partial charge is 0.384 e. The number of rotatable bonds is 4. The number of amides is 1. The van der Waals surface area contributed by atoms with Gasteiger partial charge in [0.05, 0.1) is 22.8 Å². The lowest BCUT2D eigenvalue weighted by molar-refractivity contribution is -0.140. The Bertz CT molecular complexity index is 1070. The molecule has 5 rings (SSSR count). The number of nitrogens with zero attached hydrogens (tertiary/aromatic N) is 3. The number of hydrogen-bond acceptors (Lipinski definition) is 6. The van der Waals surface area contributed by atoms with Crippen molar-refractivity contribution in [3.05, 3.63) is 64.8 Å². The third-order valence-corrected chi connectivity index (χ3v) is 7.55. The van der Waals surface area contributed by atoms with Gasteiger partial charge in [-0.3, -0.25) is 9.78 Å². The van der Waals surface area contributed by atoms with Crippen molar-refractivity contribution in [2.45, 2.75) is 37.7 Å². The van der Waals surface area contributed by atoms with E-state index in [1.165, 1.54) is 10.4 Å². The molecule has 0 bridgehead atoms. The minimum atomic E-state index is -0.287. The van der Waals surface area contributed by atoms with Crippen LogP contribution in [0.1, 0.15) is 35.3 Å². The summed E-state index contributed by atoms with van der Waals surface area (Å²) in [4.78, 5) is 25.8. The quantitative estimate of drug-likeness (QED) is 0.675. The van der Waals surface area contributed by atoms with Crippen molar-refractivity contribution in [2.75, 3.05) is 25.4 Å². The van der Waals surface area contributed by atoms with Gasteiger partial charge in [-0.25, -0.2) is 4.98 Å². The van der Waals surface area contributed by atoms with Gasteiger partial charge in [0.2, 0.25) is 5.91 Å². The van der Waals surface area contributed by atoms with Crippen LogP contribution in [-0.4, -0.2) is 40.5 Å². The maximum Gasteiger partial charge on any atom is 0.222 e. The monoisotopic (exact) mass is 434 g/mol. The molecule has 2 aliphatic heterocycles. The third kappa shape index (κ3) is 4.07. The number of piperidine rings is 1. The van der Waals surface area contributed by atoms with Crippen molar-refractivity contribution in [2.24, 2.45) is 0 Å². The average molecular weight is 435 g/mol. The number of nitrogen functional groups attached to an aromatic ring is 1. The van der Waals surface area contributed by atoms with Crippen molar-refractivity contribution in [3.63, 3.8) is 0 Å². The number of ether oxygens (including phenoxy) is 1. The summed E-state index contributed by atoms with van der Waals surface area (Å²) in [6, 6.07) is 11.9. The molecule has 2 N–H and O–H groups in total. The topological polar surface area (TPSA) is 81.3 Å². The first-order valence-corrected chi connectivity index (χ1v) is 11.6. The fourth-order valence-electron chi connectivity index (χ4n) is 4.62. The lowest BCUT2D eigenvalue weighted by atomic mass is 9.82. The molecule has 1 amide bonds. The molecule has 31 heavy (non-hydrogen) atoms. The van der Waals surface area contributed by atoms with Crippen LogP contribution in [0.3, 0.4) is 0 Å². The predicted molar refractivity (Wildman–Crippen MR) is 122 cm³/mol. The Hall–Kier alpha value is -2.77. The molecule has 0 unspecified atom stereocenters. The molecule has 0 saturated carbocycles. The summed E-state index contributed by atoms with van der Waals surface area (Å²) in [6.07, 6.45) is 7.44. The number of nitrogens with two attached hydrogens (primary N) is 1. The Morgan fingerprint density at radius 3 is 2.77 bits per heavy atom. The van der Waals surface area contributed by atoms with Gasteiger partial charge in [-0.05, 0) is 60.7 Å². The van der Waals surface area contributed by atoms with Crippen LogP contribution in [0.25, 0.3) is 10.6 Å². The summed E-state index contributed by atoms with van der Waals surface area (Å²) in [6.45, 7) is 2.19. The standard InChI is InChI=1S/C24H26N4O2S/c25-22-3-1-2-19(27-22)21-16-18-20(31-21)8-15-30-24(18)9-13-28(14-10-24)23(29)5-4-17-6-11-26-12-7-17/h1-3,6-7,11-12,16H,4-5,8-10,13-15H2,(H2,25,27). The third-order valence-electron chi connectivity index (χ3n) is 6.33. The second-order valence-electron chi connectivity index (χ2n) is 8.22. The second kappa shape index (κ2) is 8.40.